The van der Waals surface area contributed by atoms with Crippen LogP contribution in [0.4, 0.5) is 0 Å². The van der Waals surface area contributed by atoms with E-state index in [1.165, 1.54) is 0 Å². The molecule has 0 aliphatic heterocycles. The van der Waals surface area contributed by atoms with E-state index in [1.54, 1.807) is 63.6 Å². The standard InChI is InChI=1S/C16H17ClO3/c1-16(18,11-4-6-13(17)7-5-11)12-8-14(19-2)10-15(9-12)20-3/h4-10,18H,1-3H3. The van der Waals surface area contributed by atoms with E-state index in [-0.39, 0.29) is 0 Å². The molecule has 0 saturated heterocycles. The topological polar surface area (TPSA) is 38.7 Å². The molecule has 0 aliphatic carbocycles. The number of benzene rings is 2. The van der Waals surface area contributed by atoms with E-state index in [2.05, 4.69) is 0 Å². The third-order valence-electron chi connectivity index (χ3n) is 3.32. The molecule has 0 radical (unpaired) electrons. The van der Waals surface area contributed by atoms with Crippen LogP contribution in [-0.2, 0) is 5.60 Å². The highest BCUT2D eigenvalue weighted by molar-refractivity contribution is 6.30. The lowest BCUT2D eigenvalue weighted by molar-refractivity contribution is 0.102. The molecule has 2 aromatic carbocycles. The van der Waals surface area contributed by atoms with Crippen molar-refractivity contribution >= 4 is 11.6 Å². The minimum absolute atomic E-state index is 0.632. The molecule has 1 N–H and O–H groups in total. The predicted octanol–water partition coefficient (Wildman–Crippen LogP) is 3.61. The highest BCUT2D eigenvalue weighted by Gasteiger charge is 2.26. The van der Waals surface area contributed by atoms with E-state index in [9.17, 15) is 5.11 Å². The van der Waals surface area contributed by atoms with Gasteiger partial charge in [0.05, 0.1) is 14.2 Å². The molecule has 0 aliphatic rings. The fraction of sp³-hybridized carbons (Fsp3) is 0.250. The Balaban J connectivity index is 2.49. The molecule has 0 saturated carbocycles. The molecule has 0 amide bonds. The summed E-state index contributed by atoms with van der Waals surface area (Å²) in [5, 5.41) is 11.5. The van der Waals surface area contributed by atoms with Crippen LogP contribution in [0.25, 0.3) is 0 Å². The van der Waals surface area contributed by atoms with Gasteiger partial charge in [0.15, 0.2) is 0 Å². The largest absolute Gasteiger partial charge is 0.497 e. The smallest absolute Gasteiger partial charge is 0.122 e. The fourth-order valence-corrected chi connectivity index (χ4v) is 2.16. The molecular weight excluding hydrogens is 276 g/mol. The Bertz CT molecular complexity index is 569. The van der Waals surface area contributed by atoms with Crippen LogP contribution >= 0.6 is 11.6 Å². The molecule has 106 valence electrons. The third-order valence-corrected chi connectivity index (χ3v) is 3.57. The van der Waals surface area contributed by atoms with E-state index in [0.717, 1.165) is 5.56 Å². The molecule has 0 bridgehead atoms. The Morgan fingerprint density at radius 3 is 1.85 bits per heavy atom. The maximum atomic E-state index is 10.8. The zero-order valence-corrected chi connectivity index (χ0v) is 12.4. The summed E-state index contributed by atoms with van der Waals surface area (Å²) in [6, 6.07) is 12.4. The number of halogens is 1. The van der Waals surface area contributed by atoms with Crippen molar-refractivity contribution in [2.24, 2.45) is 0 Å². The van der Waals surface area contributed by atoms with Crippen molar-refractivity contribution in [3.63, 3.8) is 0 Å². The first kappa shape index (κ1) is 14.7. The van der Waals surface area contributed by atoms with Crippen molar-refractivity contribution in [1.29, 1.82) is 0 Å². The van der Waals surface area contributed by atoms with Gasteiger partial charge in [-0.25, -0.2) is 0 Å². The minimum Gasteiger partial charge on any atom is -0.497 e. The van der Waals surface area contributed by atoms with Gasteiger partial charge < -0.3 is 14.6 Å². The van der Waals surface area contributed by atoms with Crippen LogP contribution in [-0.4, -0.2) is 19.3 Å². The molecule has 3 nitrogen and oxygen atoms in total. The van der Waals surface area contributed by atoms with Gasteiger partial charge in [-0.15, -0.1) is 0 Å². The highest BCUT2D eigenvalue weighted by atomic mass is 35.5. The Morgan fingerprint density at radius 2 is 1.40 bits per heavy atom. The summed E-state index contributed by atoms with van der Waals surface area (Å²) in [5.74, 6) is 1.27. The van der Waals surface area contributed by atoms with Gasteiger partial charge in [0.25, 0.3) is 0 Å². The molecule has 0 aromatic heterocycles. The lowest BCUT2D eigenvalue weighted by atomic mass is 9.88. The third kappa shape index (κ3) is 2.89. The van der Waals surface area contributed by atoms with Crippen LogP contribution in [0, 0.1) is 0 Å². The van der Waals surface area contributed by atoms with Gasteiger partial charge in [0.2, 0.25) is 0 Å². The van der Waals surface area contributed by atoms with Crippen LogP contribution in [0.1, 0.15) is 18.1 Å². The summed E-state index contributed by atoms with van der Waals surface area (Å²) >= 11 is 5.88. The molecule has 4 heteroatoms. The number of ether oxygens (including phenoxy) is 2. The predicted molar refractivity (Wildman–Crippen MR) is 79.7 cm³/mol. The first-order valence-electron chi connectivity index (χ1n) is 6.19. The molecule has 20 heavy (non-hydrogen) atoms. The Hall–Kier alpha value is -1.71. The summed E-state index contributed by atoms with van der Waals surface area (Å²) < 4.78 is 10.5. The van der Waals surface area contributed by atoms with E-state index in [0.29, 0.717) is 22.1 Å². The lowest BCUT2D eigenvalue weighted by Crippen LogP contribution is -2.22. The van der Waals surface area contributed by atoms with Gasteiger partial charge in [-0.1, -0.05) is 23.7 Å². The van der Waals surface area contributed by atoms with E-state index in [1.807, 2.05) is 0 Å². The van der Waals surface area contributed by atoms with Crippen molar-refractivity contribution in [2.45, 2.75) is 12.5 Å². The number of aliphatic hydroxyl groups is 1. The summed E-state index contributed by atoms with van der Waals surface area (Å²) in [5.41, 5.74) is 0.278. The Labute approximate surface area is 123 Å². The molecule has 0 spiro atoms. The van der Waals surface area contributed by atoms with E-state index >= 15 is 0 Å². The minimum atomic E-state index is -1.16. The number of methoxy groups -OCH3 is 2. The van der Waals surface area contributed by atoms with Gasteiger partial charge in [-0.2, -0.15) is 0 Å². The van der Waals surface area contributed by atoms with Gasteiger partial charge >= 0.3 is 0 Å². The first-order chi connectivity index (χ1) is 9.47. The van der Waals surface area contributed by atoms with Crippen molar-refractivity contribution in [3.8, 4) is 11.5 Å². The molecule has 2 rings (SSSR count). The number of hydrogen-bond donors (Lipinski definition) is 1. The van der Waals surface area contributed by atoms with Crippen LogP contribution in [0.2, 0.25) is 5.02 Å². The van der Waals surface area contributed by atoms with Gasteiger partial charge in [-0.05, 0) is 42.3 Å². The SMILES string of the molecule is COc1cc(OC)cc(C(C)(O)c2ccc(Cl)cc2)c1. The highest BCUT2D eigenvalue weighted by Crippen LogP contribution is 2.34. The normalized spacial score (nSPS) is 13.7. The lowest BCUT2D eigenvalue weighted by Gasteiger charge is -2.25. The summed E-state index contributed by atoms with van der Waals surface area (Å²) in [7, 11) is 3.16. The maximum Gasteiger partial charge on any atom is 0.122 e. The summed E-state index contributed by atoms with van der Waals surface area (Å²) in [6.07, 6.45) is 0. The quantitative estimate of drug-likeness (QED) is 0.935. The average Bonchev–Trinajstić information content (AvgIpc) is 2.47. The molecule has 2 aromatic rings. The van der Waals surface area contributed by atoms with Crippen molar-refractivity contribution in [1.82, 2.24) is 0 Å². The van der Waals surface area contributed by atoms with Gasteiger partial charge in [0.1, 0.15) is 17.1 Å². The van der Waals surface area contributed by atoms with Crippen LogP contribution in [0.5, 0.6) is 11.5 Å². The van der Waals surface area contributed by atoms with Crippen LogP contribution in [0.15, 0.2) is 42.5 Å². The zero-order chi connectivity index (χ0) is 14.8. The van der Waals surface area contributed by atoms with Crippen LogP contribution in [0.3, 0.4) is 0 Å². The fourth-order valence-electron chi connectivity index (χ4n) is 2.03. The zero-order valence-electron chi connectivity index (χ0n) is 11.7. The molecule has 1 atom stereocenters. The maximum absolute atomic E-state index is 10.8. The van der Waals surface area contributed by atoms with Gasteiger partial charge in [0, 0.05) is 11.1 Å². The van der Waals surface area contributed by atoms with Crippen molar-refractivity contribution < 1.29 is 14.6 Å². The summed E-state index contributed by atoms with van der Waals surface area (Å²) in [4.78, 5) is 0. The van der Waals surface area contributed by atoms with E-state index in [4.69, 9.17) is 21.1 Å². The summed E-state index contributed by atoms with van der Waals surface area (Å²) in [6.45, 7) is 1.73. The first-order valence-corrected chi connectivity index (χ1v) is 6.57. The second kappa shape index (κ2) is 5.73. The Morgan fingerprint density at radius 1 is 0.900 bits per heavy atom. The average molecular weight is 293 g/mol. The van der Waals surface area contributed by atoms with E-state index < -0.39 is 5.60 Å². The monoisotopic (exact) mass is 292 g/mol. The number of rotatable bonds is 4. The van der Waals surface area contributed by atoms with Gasteiger partial charge in [-0.3, -0.25) is 0 Å². The Kier molecular flexibility index (Phi) is 4.21. The molecule has 0 fully saturated rings. The van der Waals surface area contributed by atoms with Crippen LogP contribution < -0.4 is 9.47 Å². The molecule has 0 heterocycles. The molecular formula is C16H17ClO3. The second-order valence-electron chi connectivity index (χ2n) is 4.68. The number of hydrogen-bond acceptors (Lipinski definition) is 3. The second-order valence-corrected chi connectivity index (χ2v) is 5.12. The molecule has 1 unspecified atom stereocenters. The van der Waals surface area contributed by atoms with Crippen molar-refractivity contribution in [2.75, 3.05) is 14.2 Å². The van der Waals surface area contributed by atoms with Crippen molar-refractivity contribution in [3.05, 3.63) is 58.6 Å².